The molecule has 0 radical (unpaired) electrons. The smallest absolute Gasteiger partial charge is 0.341 e. The summed E-state index contributed by atoms with van der Waals surface area (Å²) in [5, 5.41) is 6.95. The van der Waals surface area contributed by atoms with E-state index in [2.05, 4.69) is 5.32 Å². The predicted molar refractivity (Wildman–Crippen MR) is 111 cm³/mol. The molecule has 0 bridgehead atoms. The standard InChI is InChI=1S/C20H19NO5S2/c1-3-25-13-6-8-14(9-7-13)26-11-17(22)21-19-18(20(23)24-2)15(12-28-19)16-5-4-10-27-16/h4-10,12H,3,11H2,1-2H3,(H,21,22). The molecule has 1 aromatic carbocycles. The van der Waals surface area contributed by atoms with E-state index in [4.69, 9.17) is 14.2 Å². The van der Waals surface area contributed by atoms with Gasteiger partial charge in [0, 0.05) is 15.8 Å². The maximum absolute atomic E-state index is 12.3. The van der Waals surface area contributed by atoms with Gasteiger partial charge in [0.15, 0.2) is 6.61 Å². The second-order valence-corrected chi connectivity index (χ2v) is 7.39. The normalized spacial score (nSPS) is 10.4. The number of hydrogen-bond donors (Lipinski definition) is 1. The molecule has 6 nitrogen and oxygen atoms in total. The van der Waals surface area contributed by atoms with Gasteiger partial charge in [0.05, 0.1) is 13.7 Å². The van der Waals surface area contributed by atoms with Gasteiger partial charge in [0.2, 0.25) is 0 Å². The van der Waals surface area contributed by atoms with Crippen molar-refractivity contribution in [3.05, 3.63) is 52.7 Å². The molecule has 8 heteroatoms. The highest BCUT2D eigenvalue weighted by Gasteiger charge is 2.22. The van der Waals surface area contributed by atoms with E-state index < -0.39 is 5.97 Å². The molecule has 0 spiro atoms. The molecule has 0 saturated heterocycles. The number of nitrogens with one attached hydrogen (secondary N) is 1. The fourth-order valence-corrected chi connectivity index (χ4v) is 4.27. The third kappa shape index (κ3) is 4.71. The SMILES string of the molecule is CCOc1ccc(OCC(=O)Nc2scc(-c3cccs3)c2C(=O)OC)cc1. The second kappa shape index (κ2) is 9.38. The lowest BCUT2D eigenvalue weighted by molar-refractivity contribution is -0.118. The predicted octanol–water partition coefficient (Wildman–Crippen LogP) is 4.68. The van der Waals surface area contributed by atoms with Crippen LogP contribution in [0.25, 0.3) is 10.4 Å². The van der Waals surface area contributed by atoms with Gasteiger partial charge < -0.3 is 19.5 Å². The van der Waals surface area contributed by atoms with Crippen LogP contribution in [0.15, 0.2) is 47.2 Å². The van der Waals surface area contributed by atoms with E-state index >= 15 is 0 Å². The lowest BCUT2D eigenvalue weighted by Gasteiger charge is -2.09. The summed E-state index contributed by atoms with van der Waals surface area (Å²) in [7, 11) is 1.32. The number of carbonyl (C=O) groups excluding carboxylic acids is 2. The topological polar surface area (TPSA) is 73.9 Å². The van der Waals surface area contributed by atoms with Gasteiger partial charge in [-0.2, -0.15) is 0 Å². The summed E-state index contributed by atoms with van der Waals surface area (Å²) >= 11 is 2.79. The van der Waals surface area contributed by atoms with Gasteiger partial charge >= 0.3 is 5.97 Å². The fourth-order valence-electron chi connectivity index (χ4n) is 2.48. The average molecular weight is 418 g/mol. The first-order valence-electron chi connectivity index (χ1n) is 8.51. The fraction of sp³-hybridized carbons (Fsp3) is 0.200. The summed E-state index contributed by atoms with van der Waals surface area (Å²) in [6.45, 7) is 2.31. The molecule has 0 unspecified atom stereocenters. The minimum absolute atomic E-state index is 0.180. The highest BCUT2D eigenvalue weighted by Crippen LogP contribution is 2.38. The van der Waals surface area contributed by atoms with Crippen LogP contribution in [0, 0.1) is 0 Å². The summed E-state index contributed by atoms with van der Waals surface area (Å²) in [6.07, 6.45) is 0. The molecule has 0 aliphatic carbocycles. The first-order valence-corrected chi connectivity index (χ1v) is 10.3. The van der Waals surface area contributed by atoms with Crippen LogP contribution in [-0.4, -0.2) is 32.2 Å². The van der Waals surface area contributed by atoms with Crippen molar-refractivity contribution in [1.29, 1.82) is 0 Å². The van der Waals surface area contributed by atoms with Crippen molar-refractivity contribution in [2.45, 2.75) is 6.92 Å². The Hall–Kier alpha value is -2.84. The molecule has 1 N–H and O–H groups in total. The largest absolute Gasteiger partial charge is 0.494 e. The average Bonchev–Trinajstić information content (AvgIpc) is 3.37. The van der Waals surface area contributed by atoms with Crippen molar-refractivity contribution in [3.63, 3.8) is 0 Å². The Morgan fingerprint density at radius 3 is 2.36 bits per heavy atom. The lowest BCUT2D eigenvalue weighted by Crippen LogP contribution is -2.21. The van der Waals surface area contributed by atoms with Crippen LogP contribution in [0.3, 0.4) is 0 Å². The van der Waals surface area contributed by atoms with Crippen LogP contribution in [0.5, 0.6) is 11.5 Å². The quantitative estimate of drug-likeness (QED) is 0.539. The van der Waals surface area contributed by atoms with Gasteiger partial charge in [-0.3, -0.25) is 4.79 Å². The Balaban J connectivity index is 1.67. The van der Waals surface area contributed by atoms with Crippen molar-refractivity contribution in [1.82, 2.24) is 0 Å². The highest BCUT2D eigenvalue weighted by atomic mass is 32.1. The maximum Gasteiger partial charge on any atom is 0.341 e. The Morgan fingerprint density at radius 1 is 1.04 bits per heavy atom. The number of rotatable bonds is 8. The second-order valence-electron chi connectivity index (χ2n) is 5.56. The van der Waals surface area contributed by atoms with Gasteiger partial charge in [-0.1, -0.05) is 6.07 Å². The van der Waals surface area contributed by atoms with E-state index in [0.29, 0.717) is 22.9 Å². The number of hydrogen-bond acceptors (Lipinski definition) is 7. The maximum atomic E-state index is 12.3. The number of amides is 1. The molecule has 0 fully saturated rings. The number of ether oxygens (including phenoxy) is 3. The van der Waals surface area contributed by atoms with Crippen molar-refractivity contribution in [2.24, 2.45) is 0 Å². The van der Waals surface area contributed by atoms with Crippen molar-refractivity contribution < 1.29 is 23.8 Å². The van der Waals surface area contributed by atoms with Crippen LogP contribution in [0.4, 0.5) is 5.00 Å². The Kier molecular flexibility index (Phi) is 6.67. The summed E-state index contributed by atoms with van der Waals surface area (Å²) < 4.78 is 15.8. The molecule has 0 saturated carbocycles. The Morgan fingerprint density at radius 2 is 1.75 bits per heavy atom. The van der Waals surface area contributed by atoms with Crippen molar-refractivity contribution >= 4 is 39.6 Å². The van der Waals surface area contributed by atoms with Crippen LogP contribution in [0.1, 0.15) is 17.3 Å². The van der Waals surface area contributed by atoms with Gasteiger partial charge in [-0.25, -0.2) is 4.79 Å². The van der Waals surface area contributed by atoms with E-state index in [1.54, 1.807) is 24.3 Å². The molecule has 2 aromatic heterocycles. The zero-order valence-corrected chi connectivity index (χ0v) is 17.0. The molecule has 3 rings (SSSR count). The van der Waals surface area contributed by atoms with Crippen LogP contribution in [-0.2, 0) is 9.53 Å². The summed E-state index contributed by atoms with van der Waals surface area (Å²) in [4.78, 5) is 25.5. The van der Waals surface area contributed by atoms with Crippen LogP contribution < -0.4 is 14.8 Å². The molecule has 28 heavy (non-hydrogen) atoms. The first-order chi connectivity index (χ1) is 13.6. The molecule has 3 aromatic rings. The van der Waals surface area contributed by atoms with Crippen LogP contribution in [0.2, 0.25) is 0 Å². The summed E-state index contributed by atoms with van der Waals surface area (Å²) in [6, 6.07) is 10.8. The van der Waals surface area contributed by atoms with E-state index in [9.17, 15) is 9.59 Å². The number of anilines is 1. The van der Waals surface area contributed by atoms with Gasteiger partial charge in [-0.15, -0.1) is 22.7 Å². The molecular weight excluding hydrogens is 398 g/mol. The van der Waals surface area contributed by atoms with Crippen molar-refractivity contribution in [3.8, 4) is 21.9 Å². The minimum atomic E-state index is -0.493. The molecule has 0 aliphatic heterocycles. The van der Waals surface area contributed by atoms with E-state index in [-0.39, 0.29) is 12.5 Å². The van der Waals surface area contributed by atoms with E-state index in [1.807, 2.05) is 29.8 Å². The highest BCUT2D eigenvalue weighted by molar-refractivity contribution is 7.17. The lowest BCUT2D eigenvalue weighted by atomic mass is 10.1. The van der Waals surface area contributed by atoms with Gasteiger partial charge in [-0.05, 0) is 42.6 Å². The molecule has 0 atom stereocenters. The molecule has 146 valence electrons. The first kappa shape index (κ1) is 19.9. The third-order valence-corrected chi connectivity index (χ3v) is 5.52. The zero-order chi connectivity index (χ0) is 19.9. The minimum Gasteiger partial charge on any atom is -0.494 e. The number of methoxy groups -OCH3 is 1. The van der Waals surface area contributed by atoms with E-state index in [0.717, 1.165) is 16.2 Å². The zero-order valence-electron chi connectivity index (χ0n) is 15.4. The Bertz CT molecular complexity index is 932. The number of benzene rings is 1. The monoisotopic (exact) mass is 417 g/mol. The molecule has 2 heterocycles. The molecule has 0 aliphatic rings. The third-order valence-electron chi connectivity index (χ3n) is 3.72. The van der Waals surface area contributed by atoms with E-state index in [1.165, 1.54) is 29.8 Å². The molecule has 1 amide bonds. The number of thiophene rings is 2. The van der Waals surface area contributed by atoms with Gasteiger partial charge in [0.1, 0.15) is 22.1 Å². The number of carbonyl (C=O) groups is 2. The molecular formula is C20H19NO5S2. The Labute approximate surface area is 170 Å². The van der Waals surface area contributed by atoms with Crippen LogP contribution >= 0.6 is 22.7 Å². The van der Waals surface area contributed by atoms with Gasteiger partial charge in [0.25, 0.3) is 5.91 Å². The van der Waals surface area contributed by atoms with Crippen molar-refractivity contribution in [2.75, 3.05) is 25.6 Å². The summed E-state index contributed by atoms with van der Waals surface area (Å²) in [5.41, 5.74) is 1.10. The summed E-state index contributed by atoms with van der Waals surface area (Å²) in [5.74, 6) is 0.435. The number of esters is 1.